The van der Waals surface area contributed by atoms with E-state index in [0.29, 0.717) is 50.6 Å². The summed E-state index contributed by atoms with van der Waals surface area (Å²) in [5.41, 5.74) is 1.41. The SMILES string of the molecule is COc1cc(C2C(C(=O)OC(C)C)=C(C)Nc3nc(SC)[nH]c(=O)c32)cc(OC)c1OC. The monoisotopic (exact) mass is 461 g/mol. The van der Waals surface area contributed by atoms with Crippen molar-refractivity contribution >= 4 is 23.5 Å². The minimum Gasteiger partial charge on any atom is -0.493 e. The van der Waals surface area contributed by atoms with Crippen LogP contribution in [0.2, 0.25) is 0 Å². The highest BCUT2D eigenvalue weighted by Crippen LogP contribution is 2.46. The number of hydrogen-bond donors (Lipinski definition) is 2. The molecule has 0 amide bonds. The molecule has 2 aromatic rings. The van der Waals surface area contributed by atoms with Crippen LogP contribution in [0.4, 0.5) is 5.82 Å². The van der Waals surface area contributed by atoms with Crippen molar-refractivity contribution in [2.45, 2.75) is 37.9 Å². The van der Waals surface area contributed by atoms with Crippen LogP contribution in [0, 0.1) is 0 Å². The highest BCUT2D eigenvalue weighted by atomic mass is 32.2. The molecule has 9 nitrogen and oxygen atoms in total. The summed E-state index contributed by atoms with van der Waals surface area (Å²) in [5.74, 6) is 0.309. The zero-order chi connectivity index (χ0) is 23.6. The number of methoxy groups -OCH3 is 3. The van der Waals surface area contributed by atoms with Crippen LogP contribution in [0.25, 0.3) is 0 Å². The van der Waals surface area contributed by atoms with E-state index >= 15 is 0 Å². The van der Waals surface area contributed by atoms with E-state index < -0.39 is 11.9 Å². The van der Waals surface area contributed by atoms with Crippen molar-refractivity contribution in [1.82, 2.24) is 9.97 Å². The van der Waals surface area contributed by atoms with Crippen molar-refractivity contribution in [3.63, 3.8) is 0 Å². The maximum absolute atomic E-state index is 13.1. The Labute approximate surface area is 190 Å². The minimum absolute atomic E-state index is 0.304. The number of thioether (sulfide) groups is 1. The van der Waals surface area contributed by atoms with Gasteiger partial charge in [-0.3, -0.25) is 4.79 Å². The highest BCUT2D eigenvalue weighted by molar-refractivity contribution is 7.98. The first-order valence-electron chi connectivity index (χ1n) is 9.92. The zero-order valence-electron chi connectivity index (χ0n) is 19.1. The van der Waals surface area contributed by atoms with Gasteiger partial charge in [0.05, 0.1) is 44.5 Å². The summed E-state index contributed by atoms with van der Waals surface area (Å²) in [7, 11) is 4.52. The molecular formula is C22H27N3O6S. The predicted molar refractivity (Wildman–Crippen MR) is 122 cm³/mol. The Bertz CT molecular complexity index is 1100. The predicted octanol–water partition coefficient (Wildman–Crippen LogP) is 3.30. The normalized spacial score (nSPS) is 15.2. The molecule has 1 aliphatic rings. The third-order valence-corrected chi connectivity index (χ3v) is 5.58. The number of H-pyrrole nitrogens is 1. The van der Waals surface area contributed by atoms with Crippen LogP contribution in [0.5, 0.6) is 17.2 Å². The number of carbonyl (C=O) groups excluding carboxylic acids is 1. The van der Waals surface area contributed by atoms with Crippen LogP contribution in [0.3, 0.4) is 0 Å². The van der Waals surface area contributed by atoms with Gasteiger partial charge in [-0.05, 0) is 44.7 Å². The van der Waals surface area contributed by atoms with Gasteiger partial charge in [0.25, 0.3) is 5.56 Å². The number of nitrogens with zero attached hydrogens (tertiary/aromatic N) is 1. The molecule has 1 atom stereocenters. The van der Waals surface area contributed by atoms with E-state index in [-0.39, 0.29) is 11.7 Å². The van der Waals surface area contributed by atoms with Gasteiger partial charge in [-0.2, -0.15) is 0 Å². The summed E-state index contributed by atoms with van der Waals surface area (Å²) in [5, 5.41) is 3.57. The van der Waals surface area contributed by atoms with E-state index in [2.05, 4.69) is 15.3 Å². The van der Waals surface area contributed by atoms with Gasteiger partial charge in [0.1, 0.15) is 5.82 Å². The Morgan fingerprint density at radius 1 is 1.12 bits per heavy atom. The number of allylic oxidation sites excluding steroid dienone is 1. The summed E-state index contributed by atoms with van der Waals surface area (Å²) < 4.78 is 21.9. The quantitative estimate of drug-likeness (QED) is 0.364. The average molecular weight is 462 g/mol. The van der Waals surface area contributed by atoms with Gasteiger partial charge in [0, 0.05) is 5.70 Å². The Hall–Kier alpha value is -3.14. The number of carbonyl (C=O) groups is 1. The van der Waals surface area contributed by atoms with Crippen molar-refractivity contribution in [3.05, 3.63) is 44.9 Å². The molecule has 0 saturated carbocycles. The Kier molecular flexibility index (Phi) is 7.02. The van der Waals surface area contributed by atoms with Crippen molar-refractivity contribution < 1.29 is 23.7 Å². The molecule has 3 rings (SSSR count). The van der Waals surface area contributed by atoms with Crippen molar-refractivity contribution in [2.24, 2.45) is 0 Å². The molecule has 0 fully saturated rings. The number of fused-ring (bicyclic) bond motifs is 1. The van der Waals surface area contributed by atoms with Crippen LogP contribution >= 0.6 is 11.8 Å². The molecule has 0 bridgehead atoms. The topological polar surface area (TPSA) is 112 Å². The van der Waals surface area contributed by atoms with Gasteiger partial charge in [0.2, 0.25) is 5.75 Å². The number of hydrogen-bond acceptors (Lipinski definition) is 9. The van der Waals surface area contributed by atoms with E-state index in [1.165, 1.54) is 33.1 Å². The summed E-state index contributed by atoms with van der Waals surface area (Å²) in [4.78, 5) is 33.6. The largest absolute Gasteiger partial charge is 0.493 e. The lowest BCUT2D eigenvalue weighted by atomic mass is 9.82. The Morgan fingerprint density at radius 3 is 2.25 bits per heavy atom. The van der Waals surface area contributed by atoms with Gasteiger partial charge in [-0.15, -0.1) is 0 Å². The molecule has 0 saturated heterocycles. The standard InChI is InChI=1S/C22H27N3O6S/c1-10(2)31-21(27)15-11(3)23-19-17(20(26)25-22(24-19)32-7)16(15)12-8-13(28-4)18(30-6)14(9-12)29-5/h8-10,16H,1-7H3,(H2,23,24,25,26). The van der Waals surface area contributed by atoms with Crippen LogP contribution in [0.1, 0.15) is 37.8 Å². The molecule has 2 heterocycles. The number of nitrogens with one attached hydrogen (secondary N) is 2. The number of anilines is 1. The summed E-state index contributed by atoms with van der Waals surface area (Å²) in [6.45, 7) is 5.30. The summed E-state index contributed by atoms with van der Waals surface area (Å²) >= 11 is 1.32. The smallest absolute Gasteiger partial charge is 0.337 e. The molecule has 2 N–H and O–H groups in total. The fourth-order valence-corrected chi connectivity index (χ4v) is 4.05. The Balaban J connectivity index is 2.33. The van der Waals surface area contributed by atoms with E-state index in [0.717, 1.165) is 0 Å². The molecular weight excluding hydrogens is 434 g/mol. The van der Waals surface area contributed by atoms with Crippen molar-refractivity contribution in [2.75, 3.05) is 32.9 Å². The average Bonchev–Trinajstić information content (AvgIpc) is 2.76. The molecule has 172 valence electrons. The van der Waals surface area contributed by atoms with Crippen molar-refractivity contribution in [3.8, 4) is 17.2 Å². The number of esters is 1. The highest BCUT2D eigenvalue weighted by Gasteiger charge is 2.37. The number of rotatable bonds is 7. The summed E-state index contributed by atoms with van der Waals surface area (Å²) in [6.07, 6.45) is 1.48. The molecule has 0 aliphatic carbocycles. The second-order valence-electron chi connectivity index (χ2n) is 7.35. The van der Waals surface area contributed by atoms with Gasteiger partial charge >= 0.3 is 5.97 Å². The van der Waals surface area contributed by atoms with Gasteiger partial charge in [-0.25, -0.2) is 9.78 Å². The third-order valence-electron chi connectivity index (χ3n) is 5.00. The third kappa shape index (κ3) is 4.27. The van der Waals surface area contributed by atoms with Crippen LogP contribution in [-0.4, -0.2) is 49.6 Å². The number of aromatic amines is 1. The summed E-state index contributed by atoms with van der Waals surface area (Å²) in [6, 6.07) is 3.44. The van der Waals surface area contributed by atoms with Crippen LogP contribution < -0.4 is 25.1 Å². The van der Waals surface area contributed by atoms with Gasteiger partial charge in [-0.1, -0.05) is 11.8 Å². The fraction of sp³-hybridized carbons (Fsp3) is 0.409. The first-order valence-corrected chi connectivity index (χ1v) is 11.1. The first kappa shape index (κ1) is 23.5. The lowest BCUT2D eigenvalue weighted by Gasteiger charge is -2.30. The maximum Gasteiger partial charge on any atom is 0.337 e. The van der Waals surface area contributed by atoms with Crippen LogP contribution in [0.15, 0.2) is 33.4 Å². The molecule has 1 unspecified atom stereocenters. The molecule has 10 heteroatoms. The van der Waals surface area contributed by atoms with Gasteiger partial charge < -0.3 is 29.2 Å². The minimum atomic E-state index is -0.765. The lowest BCUT2D eigenvalue weighted by molar-refractivity contribution is -0.143. The van der Waals surface area contributed by atoms with E-state index in [4.69, 9.17) is 18.9 Å². The fourth-order valence-electron chi connectivity index (χ4n) is 3.68. The van der Waals surface area contributed by atoms with Gasteiger partial charge in [0.15, 0.2) is 16.7 Å². The molecule has 1 aliphatic heterocycles. The molecule has 1 aromatic heterocycles. The maximum atomic E-state index is 13.1. The van der Waals surface area contributed by atoms with Crippen molar-refractivity contribution in [1.29, 1.82) is 0 Å². The number of ether oxygens (including phenoxy) is 4. The molecule has 32 heavy (non-hydrogen) atoms. The number of aromatic nitrogens is 2. The zero-order valence-corrected chi connectivity index (χ0v) is 19.9. The van der Waals surface area contributed by atoms with E-state index in [1.807, 2.05) is 6.26 Å². The Morgan fingerprint density at radius 2 is 1.75 bits per heavy atom. The molecule has 0 radical (unpaired) electrons. The van der Waals surface area contributed by atoms with E-state index in [9.17, 15) is 9.59 Å². The first-order chi connectivity index (χ1) is 15.2. The molecule has 1 aromatic carbocycles. The second kappa shape index (κ2) is 9.56. The molecule has 0 spiro atoms. The lowest BCUT2D eigenvalue weighted by Crippen LogP contribution is -2.31. The van der Waals surface area contributed by atoms with Crippen LogP contribution in [-0.2, 0) is 9.53 Å². The van der Waals surface area contributed by atoms with E-state index in [1.54, 1.807) is 32.9 Å². The number of benzene rings is 1. The second-order valence-corrected chi connectivity index (χ2v) is 8.14.